The van der Waals surface area contributed by atoms with Gasteiger partial charge in [-0.2, -0.15) is 0 Å². The van der Waals surface area contributed by atoms with Gasteiger partial charge in [-0.15, -0.1) is 11.6 Å². The maximum atomic E-state index is 12.7. The molecule has 26 heavy (non-hydrogen) atoms. The number of ether oxygens (including phenoxy) is 1. The van der Waals surface area contributed by atoms with Gasteiger partial charge in [-0.1, -0.05) is 37.1 Å². The number of esters is 1. The van der Waals surface area contributed by atoms with Crippen LogP contribution in [0.1, 0.15) is 62.6 Å². The molecule has 1 aliphatic carbocycles. The second-order valence-corrected chi connectivity index (χ2v) is 7.55. The molecular formula is C21H30ClNO3. The summed E-state index contributed by atoms with van der Waals surface area (Å²) in [6.07, 6.45) is 4.49. The Hall–Kier alpha value is -1.55. The third-order valence-electron chi connectivity index (χ3n) is 5.44. The van der Waals surface area contributed by atoms with Crippen molar-refractivity contribution in [2.75, 3.05) is 6.61 Å². The molecule has 1 amide bonds. The average Bonchev–Trinajstić information content (AvgIpc) is 2.63. The summed E-state index contributed by atoms with van der Waals surface area (Å²) in [6.45, 7) is 6.29. The van der Waals surface area contributed by atoms with E-state index in [4.69, 9.17) is 16.3 Å². The number of hydrogen-bond donors (Lipinski definition) is 1. The van der Waals surface area contributed by atoms with Gasteiger partial charge in [-0.3, -0.25) is 4.79 Å². The fourth-order valence-corrected chi connectivity index (χ4v) is 4.01. The first kappa shape index (κ1) is 20.8. The van der Waals surface area contributed by atoms with E-state index in [-0.39, 0.29) is 18.3 Å². The molecule has 0 aromatic heterocycles. The largest absolute Gasteiger partial charge is 0.464 e. The van der Waals surface area contributed by atoms with E-state index in [1.54, 1.807) is 6.92 Å². The lowest BCUT2D eigenvalue weighted by atomic mass is 9.75. The predicted octanol–water partition coefficient (Wildman–Crippen LogP) is 4.29. The van der Waals surface area contributed by atoms with Gasteiger partial charge in [0.05, 0.1) is 13.0 Å². The van der Waals surface area contributed by atoms with Crippen LogP contribution in [0.5, 0.6) is 0 Å². The third kappa shape index (κ3) is 5.00. The molecule has 0 atom stereocenters. The molecule has 0 aliphatic heterocycles. The summed E-state index contributed by atoms with van der Waals surface area (Å²) in [5, 5.41) is 3.02. The summed E-state index contributed by atoms with van der Waals surface area (Å²) >= 11 is 6.02. The van der Waals surface area contributed by atoms with Crippen LogP contribution in [-0.2, 0) is 26.6 Å². The Kier molecular flexibility index (Phi) is 7.51. The van der Waals surface area contributed by atoms with E-state index in [0.29, 0.717) is 31.2 Å². The topological polar surface area (TPSA) is 55.4 Å². The zero-order valence-electron chi connectivity index (χ0n) is 16.1. The summed E-state index contributed by atoms with van der Waals surface area (Å²) in [4.78, 5) is 25.3. The first-order chi connectivity index (χ1) is 12.4. The molecule has 2 rings (SSSR count). The van der Waals surface area contributed by atoms with Crippen LogP contribution in [0.2, 0.25) is 0 Å². The van der Waals surface area contributed by atoms with Crippen LogP contribution in [0, 0.1) is 12.8 Å². The molecule has 0 spiro atoms. The van der Waals surface area contributed by atoms with Gasteiger partial charge in [0.15, 0.2) is 0 Å². The number of alkyl halides is 1. The van der Waals surface area contributed by atoms with Crippen molar-refractivity contribution in [1.29, 1.82) is 0 Å². The summed E-state index contributed by atoms with van der Waals surface area (Å²) < 4.78 is 5.29. The van der Waals surface area contributed by atoms with Crippen molar-refractivity contribution in [2.45, 2.75) is 70.7 Å². The fraction of sp³-hybridized carbons (Fsp3) is 0.619. The van der Waals surface area contributed by atoms with E-state index < -0.39 is 5.54 Å². The normalized spacial score (nSPS) is 22.7. The first-order valence-electron chi connectivity index (χ1n) is 9.56. The summed E-state index contributed by atoms with van der Waals surface area (Å²) in [5.74, 6) is 0.535. The molecular weight excluding hydrogens is 350 g/mol. The van der Waals surface area contributed by atoms with Gasteiger partial charge in [0.25, 0.3) is 0 Å². The molecule has 4 nitrogen and oxygen atoms in total. The van der Waals surface area contributed by atoms with E-state index in [9.17, 15) is 9.59 Å². The molecule has 1 aromatic rings. The number of halogens is 1. The molecule has 1 N–H and O–H groups in total. The zero-order chi connectivity index (χ0) is 19.2. The Balaban J connectivity index is 2.13. The van der Waals surface area contributed by atoms with Gasteiger partial charge in [-0.25, -0.2) is 4.79 Å². The van der Waals surface area contributed by atoms with Gasteiger partial charge >= 0.3 is 5.97 Å². The Morgan fingerprint density at radius 2 is 1.92 bits per heavy atom. The molecule has 0 radical (unpaired) electrons. The molecule has 0 saturated heterocycles. The van der Waals surface area contributed by atoms with Crippen LogP contribution in [0.3, 0.4) is 0 Å². The summed E-state index contributed by atoms with van der Waals surface area (Å²) in [7, 11) is 0. The maximum absolute atomic E-state index is 12.7. The Morgan fingerprint density at radius 3 is 2.50 bits per heavy atom. The van der Waals surface area contributed by atoms with Crippen LogP contribution in [0.15, 0.2) is 18.2 Å². The average molecular weight is 380 g/mol. The van der Waals surface area contributed by atoms with E-state index in [1.165, 1.54) is 0 Å². The van der Waals surface area contributed by atoms with Crippen LogP contribution < -0.4 is 5.32 Å². The second kappa shape index (κ2) is 9.40. The highest BCUT2D eigenvalue weighted by Gasteiger charge is 2.44. The first-order valence-corrected chi connectivity index (χ1v) is 10.1. The second-order valence-electron chi connectivity index (χ2n) is 7.28. The molecule has 0 bridgehead atoms. The number of aryl methyl sites for hydroxylation is 1. The summed E-state index contributed by atoms with van der Waals surface area (Å²) in [5.41, 5.74) is 2.10. The van der Waals surface area contributed by atoms with Crippen LogP contribution in [-0.4, -0.2) is 24.0 Å². The number of amides is 1. The molecule has 0 unspecified atom stereocenters. The molecule has 1 saturated carbocycles. The quantitative estimate of drug-likeness (QED) is 0.567. The van der Waals surface area contributed by atoms with E-state index in [1.807, 2.05) is 25.1 Å². The van der Waals surface area contributed by atoms with Crippen molar-refractivity contribution in [3.8, 4) is 0 Å². The highest BCUT2D eigenvalue weighted by atomic mass is 35.5. The highest BCUT2D eigenvalue weighted by Crippen LogP contribution is 2.35. The number of carbonyl (C=O) groups excluding carboxylic acids is 2. The smallest absolute Gasteiger partial charge is 0.331 e. The van der Waals surface area contributed by atoms with Crippen molar-refractivity contribution in [3.05, 3.63) is 34.9 Å². The van der Waals surface area contributed by atoms with Gasteiger partial charge < -0.3 is 10.1 Å². The van der Waals surface area contributed by atoms with Crippen molar-refractivity contribution in [2.24, 2.45) is 5.92 Å². The van der Waals surface area contributed by atoms with E-state index in [0.717, 1.165) is 36.0 Å². The van der Waals surface area contributed by atoms with Crippen molar-refractivity contribution < 1.29 is 14.3 Å². The molecule has 1 fully saturated rings. The SMILES string of the molecule is CCOC(=O)C1(NC(=O)Cc2ccc(C)cc2CCl)CCC(CC)CC1. The number of carbonyl (C=O) groups is 2. The van der Waals surface area contributed by atoms with Crippen molar-refractivity contribution >= 4 is 23.5 Å². The molecule has 5 heteroatoms. The lowest BCUT2D eigenvalue weighted by molar-refractivity contribution is -0.155. The van der Waals surface area contributed by atoms with Gasteiger partial charge in [-0.05, 0) is 56.6 Å². The number of benzene rings is 1. The lowest BCUT2D eigenvalue weighted by Gasteiger charge is -2.38. The summed E-state index contributed by atoms with van der Waals surface area (Å²) in [6, 6.07) is 5.92. The predicted molar refractivity (Wildman–Crippen MR) is 104 cm³/mol. The van der Waals surface area contributed by atoms with E-state index in [2.05, 4.69) is 12.2 Å². The lowest BCUT2D eigenvalue weighted by Crippen LogP contribution is -2.57. The minimum absolute atomic E-state index is 0.150. The fourth-order valence-electron chi connectivity index (χ4n) is 3.76. The Labute approximate surface area is 161 Å². The monoisotopic (exact) mass is 379 g/mol. The Bertz CT molecular complexity index is 636. The number of nitrogens with one attached hydrogen (secondary N) is 1. The molecule has 1 aliphatic rings. The minimum Gasteiger partial charge on any atom is -0.464 e. The van der Waals surface area contributed by atoms with Gasteiger partial charge in [0.2, 0.25) is 5.91 Å². The number of rotatable bonds is 7. The molecule has 144 valence electrons. The number of hydrogen-bond acceptors (Lipinski definition) is 3. The standard InChI is InChI=1S/C21H30ClNO3/c1-4-16-8-10-21(11-9-16,20(25)26-5-2)23-19(24)13-17-7-6-15(3)12-18(17)14-22/h6-7,12,16H,4-5,8-11,13-14H2,1-3H3,(H,23,24). The van der Waals surface area contributed by atoms with Gasteiger partial charge in [0, 0.05) is 5.88 Å². The molecule has 1 aromatic carbocycles. The minimum atomic E-state index is -0.884. The Morgan fingerprint density at radius 1 is 1.23 bits per heavy atom. The van der Waals surface area contributed by atoms with E-state index >= 15 is 0 Å². The van der Waals surface area contributed by atoms with Gasteiger partial charge in [0.1, 0.15) is 5.54 Å². The van der Waals surface area contributed by atoms with Crippen LogP contribution >= 0.6 is 11.6 Å². The maximum Gasteiger partial charge on any atom is 0.331 e. The highest BCUT2D eigenvalue weighted by molar-refractivity contribution is 6.17. The zero-order valence-corrected chi connectivity index (χ0v) is 16.8. The van der Waals surface area contributed by atoms with Crippen LogP contribution in [0.25, 0.3) is 0 Å². The third-order valence-corrected chi connectivity index (χ3v) is 5.73. The van der Waals surface area contributed by atoms with Crippen molar-refractivity contribution in [1.82, 2.24) is 5.32 Å². The van der Waals surface area contributed by atoms with Crippen molar-refractivity contribution in [3.63, 3.8) is 0 Å². The van der Waals surface area contributed by atoms with Crippen LogP contribution in [0.4, 0.5) is 0 Å². The molecule has 0 heterocycles.